The van der Waals surface area contributed by atoms with E-state index in [2.05, 4.69) is 19.9 Å². The van der Waals surface area contributed by atoms with Crippen LogP contribution in [0.3, 0.4) is 0 Å². The Morgan fingerprint density at radius 3 is 2.37 bits per heavy atom. The first-order valence-electron chi connectivity index (χ1n) is 7.56. The lowest BCUT2D eigenvalue weighted by molar-refractivity contribution is -0.274. The number of hydrogen-bond acceptors (Lipinski definition) is 6. The van der Waals surface area contributed by atoms with Gasteiger partial charge in [0.25, 0.3) is 0 Å². The van der Waals surface area contributed by atoms with Gasteiger partial charge in [0.2, 0.25) is 15.9 Å². The monoisotopic (exact) mass is 407 g/mol. The molecule has 0 aliphatic heterocycles. The topological polar surface area (TPSA) is 111 Å². The third-order valence-electron chi connectivity index (χ3n) is 3.25. The summed E-state index contributed by atoms with van der Waals surface area (Å²) in [4.78, 5) is 11.8. The number of nitrogens with zero attached hydrogens (tertiary/aromatic N) is 1. The molecule has 0 bridgehead atoms. The molecule has 0 fully saturated rings. The number of benzene rings is 1. The van der Waals surface area contributed by atoms with E-state index in [1.807, 2.05) is 0 Å². The van der Waals surface area contributed by atoms with E-state index in [4.69, 9.17) is 4.52 Å². The van der Waals surface area contributed by atoms with Gasteiger partial charge in [-0.2, -0.15) is 0 Å². The predicted octanol–water partition coefficient (Wildman–Crippen LogP) is 2.50. The molecular weight excluding hydrogens is 391 g/mol. The standard InChI is InChI=1S/C15H16F3N3O5S/c1-9-14(10(2)26-21-9)27(23,24)19-8-7-13(22)20-11-3-5-12(6-4-11)25-15(16,17)18/h3-6,19H,7-8H2,1-2H3,(H,20,22). The lowest BCUT2D eigenvalue weighted by atomic mass is 10.3. The number of amides is 1. The number of rotatable bonds is 7. The molecule has 0 saturated carbocycles. The Kier molecular flexibility index (Phi) is 6.11. The Labute approximate surface area is 152 Å². The molecule has 12 heteroatoms. The second-order valence-corrected chi connectivity index (χ2v) is 7.13. The van der Waals surface area contributed by atoms with Crippen molar-refractivity contribution < 1.29 is 35.6 Å². The van der Waals surface area contributed by atoms with E-state index in [0.717, 1.165) is 12.1 Å². The normalized spacial score (nSPS) is 12.0. The molecule has 1 heterocycles. The summed E-state index contributed by atoms with van der Waals surface area (Å²) in [6.45, 7) is 2.74. The fourth-order valence-electron chi connectivity index (χ4n) is 2.19. The van der Waals surface area contributed by atoms with Crippen LogP contribution < -0.4 is 14.8 Å². The molecule has 1 aromatic heterocycles. The maximum Gasteiger partial charge on any atom is 0.573 e. The van der Waals surface area contributed by atoms with Crippen LogP contribution in [0.25, 0.3) is 0 Å². The minimum atomic E-state index is -4.80. The van der Waals surface area contributed by atoms with Crippen LogP contribution in [0.1, 0.15) is 17.9 Å². The minimum absolute atomic E-state index is 0.0804. The van der Waals surface area contributed by atoms with Crippen molar-refractivity contribution in [2.45, 2.75) is 31.5 Å². The van der Waals surface area contributed by atoms with E-state index in [1.54, 1.807) is 0 Å². The van der Waals surface area contributed by atoms with Gasteiger partial charge in [-0.05, 0) is 38.1 Å². The molecular formula is C15H16F3N3O5S. The molecule has 0 radical (unpaired) electrons. The maximum absolute atomic E-state index is 12.2. The van der Waals surface area contributed by atoms with E-state index in [9.17, 15) is 26.4 Å². The lowest BCUT2D eigenvalue weighted by Crippen LogP contribution is -2.28. The first-order chi connectivity index (χ1) is 12.5. The molecule has 0 unspecified atom stereocenters. The van der Waals surface area contributed by atoms with Gasteiger partial charge in [0.05, 0.1) is 0 Å². The number of nitrogens with one attached hydrogen (secondary N) is 2. The molecule has 0 spiro atoms. The van der Waals surface area contributed by atoms with Crippen LogP contribution in [-0.4, -0.2) is 32.4 Å². The number of anilines is 1. The Morgan fingerprint density at radius 1 is 1.22 bits per heavy atom. The molecule has 148 valence electrons. The van der Waals surface area contributed by atoms with E-state index >= 15 is 0 Å². The molecule has 0 saturated heterocycles. The smallest absolute Gasteiger partial charge is 0.406 e. The van der Waals surface area contributed by atoms with Crippen LogP contribution in [0.2, 0.25) is 0 Å². The Morgan fingerprint density at radius 2 is 1.85 bits per heavy atom. The number of carbonyl (C=O) groups excluding carboxylic acids is 1. The van der Waals surface area contributed by atoms with Crippen LogP contribution >= 0.6 is 0 Å². The van der Waals surface area contributed by atoms with Crippen molar-refractivity contribution in [3.63, 3.8) is 0 Å². The SMILES string of the molecule is Cc1noc(C)c1S(=O)(=O)NCCC(=O)Nc1ccc(OC(F)(F)F)cc1. The summed E-state index contributed by atoms with van der Waals surface area (Å²) in [5.74, 6) is -0.820. The highest BCUT2D eigenvalue weighted by molar-refractivity contribution is 7.89. The van der Waals surface area contributed by atoms with Crippen molar-refractivity contribution in [2.24, 2.45) is 0 Å². The molecule has 1 aromatic carbocycles. The zero-order valence-corrected chi connectivity index (χ0v) is 15.1. The van der Waals surface area contributed by atoms with Crippen molar-refractivity contribution in [2.75, 3.05) is 11.9 Å². The zero-order valence-electron chi connectivity index (χ0n) is 14.3. The summed E-state index contributed by atoms with van der Waals surface area (Å²) < 4.78 is 71.4. The Bertz CT molecular complexity index is 888. The summed E-state index contributed by atoms with van der Waals surface area (Å²) in [6.07, 6.45) is -4.99. The van der Waals surface area contributed by atoms with Gasteiger partial charge in [-0.25, -0.2) is 13.1 Å². The van der Waals surface area contributed by atoms with Crippen LogP contribution in [0.4, 0.5) is 18.9 Å². The average molecular weight is 407 g/mol. The first-order valence-corrected chi connectivity index (χ1v) is 9.04. The largest absolute Gasteiger partial charge is 0.573 e. The minimum Gasteiger partial charge on any atom is -0.406 e. The second-order valence-electron chi connectivity index (χ2n) is 5.42. The molecule has 0 aliphatic carbocycles. The third-order valence-corrected chi connectivity index (χ3v) is 4.96. The van der Waals surface area contributed by atoms with Crippen molar-refractivity contribution in [3.05, 3.63) is 35.7 Å². The molecule has 1 amide bonds. The predicted molar refractivity (Wildman–Crippen MR) is 87.5 cm³/mol. The van der Waals surface area contributed by atoms with Crippen LogP contribution in [0.5, 0.6) is 5.75 Å². The van der Waals surface area contributed by atoms with Crippen LogP contribution in [-0.2, 0) is 14.8 Å². The highest BCUT2D eigenvalue weighted by Crippen LogP contribution is 2.24. The van der Waals surface area contributed by atoms with Crippen molar-refractivity contribution in [1.29, 1.82) is 0 Å². The van der Waals surface area contributed by atoms with E-state index in [-0.39, 0.29) is 35.0 Å². The molecule has 0 atom stereocenters. The molecule has 0 aliphatic rings. The van der Waals surface area contributed by atoms with Gasteiger partial charge in [-0.15, -0.1) is 13.2 Å². The molecule has 2 rings (SSSR count). The Balaban J connectivity index is 1.86. The number of hydrogen-bond donors (Lipinski definition) is 2. The summed E-state index contributed by atoms with van der Waals surface area (Å²) in [7, 11) is -3.88. The molecule has 2 aromatic rings. The van der Waals surface area contributed by atoms with Crippen molar-refractivity contribution >= 4 is 21.6 Å². The quantitative estimate of drug-likeness (QED) is 0.730. The highest BCUT2D eigenvalue weighted by Gasteiger charge is 2.31. The molecule has 2 N–H and O–H groups in total. The van der Waals surface area contributed by atoms with Gasteiger partial charge in [0, 0.05) is 18.7 Å². The maximum atomic E-state index is 12.2. The van der Waals surface area contributed by atoms with Gasteiger partial charge >= 0.3 is 6.36 Å². The summed E-state index contributed by atoms with van der Waals surface area (Å²) >= 11 is 0. The summed E-state index contributed by atoms with van der Waals surface area (Å²) in [5, 5.41) is 5.99. The highest BCUT2D eigenvalue weighted by atomic mass is 32.2. The number of aromatic nitrogens is 1. The number of sulfonamides is 1. The number of ether oxygens (including phenoxy) is 1. The van der Waals surface area contributed by atoms with Gasteiger partial charge in [0.15, 0.2) is 5.76 Å². The third kappa shape index (κ3) is 5.96. The summed E-state index contributed by atoms with van der Waals surface area (Å²) in [6, 6.07) is 4.55. The molecule has 8 nitrogen and oxygen atoms in total. The van der Waals surface area contributed by atoms with Crippen molar-refractivity contribution in [3.8, 4) is 5.75 Å². The number of aryl methyl sites for hydroxylation is 2. The van der Waals surface area contributed by atoms with Crippen molar-refractivity contribution in [1.82, 2.24) is 9.88 Å². The molecule has 27 heavy (non-hydrogen) atoms. The van der Waals surface area contributed by atoms with Crippen LogP contribution in [0, 0.1) is 13.8 Å². The first kappa shape index (κ1) is 20.7. The van der Waals surface area contributed by atoms with Gasteiger partial charge in [0.1, 0.15) is 16.3 Å². The fraction of sp³-hybridized carbons (Fsp3) is 0.333. The van der Waals surface area contributed by atoms with Gasteiger partial charge < -0.3 is 14.6 Å². The summed E-state index contributed by atoms with van der Waals surface area (Å²) in [5.41, 5.74) is 0.439. The average Bonchev–Trinajstić information content (AvgIpc) is 2.87. The number of alkyl halides is 3. The van der Waals surface area contributed by atoms with E-state index in [1.165, 1.54) is 26.0 Å². The van der Waals surface area contributed by atoms with E-state index < -0.39 is 28.0 Å². The lowest BCUT2D eigenvalue weighted by Gasteiger charge is -2.10. The number of carbonyl (C=O) groups is 1. The van der Waals surface area contributed by atoms with Gasteiger partial charge in [-0.1, -0.05) is 5.16 Å². The van der Waals surface area contributed by atoms with E-state index in [0.29, 0.717) is 0 Å². The van der Waals surface area contributed by atoms with Gasteiger partial charge in [-0.3, -0.25) is 4.79 Å². The second kappa shape index (κ2) is 7.96. The van der Waals surface area contributed by atoms with Crippen LogP contribution in [0.15, 0.2) is 33.7 Å². The number of halogens is 3. The Hall–Kier alpha value is -2.60. The zero-order chi connectivity index (χ0) is 20.2. The fourth-order valence-corrected chi connectivity index (χ4v) is 3.55.